The topological polar surface area (TPSA) is 73.6 Å². The van der Waals surface area contributed by atoms with E-state index in [2.05, 4.69) is 5.32 Å². The van der Waals surface area contributed by atoms with Gasteiger partial charge in [-0.05, 0) is 26.0 Å². The fraction of sp³-hybridized carbons (Fsp3) is 0.385. The molecule has 0 spiro atoms. The second-order valence-corrected chi connectivity index (χ2v) is 4.95. The lowest BCUT2D eigenvalue weighted by Crippen LogP contribution is -2.41. The molecule has 6 heteroatoms. The van der Waals surface area contributed by atoms with Crippen molar-refractivity contribution in [3.63, 3.8) is 0 Å². The Morgan fingerprint density at radius 3 is 2.42 bits per heavy atom. The highest BCUT2D eigenvalue weighted by molar-refractivity contribution is 7.80. The number of hydrogen-bond donors (Lipinski definition) is 2. The van der Waals surface area contributed by atoms with Crippen LogP contribution < -0.4 is 20.5 Å². The Bertz CT molecular complexity index is 501. The summed E-state index contributed by atoms with van der Waals surface area (Å²) in [7, 11) is 3.07. The Morgan fingerprint density at radius 1 is 1.32 bits per heavy atom. The third-order valence-electron chi connectivity index (χ3n) is 2.84. The van der Waals surface area contributed by atoms with Crippen molar-refractivity contribution in [1.29, 1.82) is 0 Å². The first kappa shape index (κ1) is 15.2. The highest BCUT2D eigenvalue weighted by atomic mass is 32.1. The largest absolute Gasteiger partial charge is 0.497 e. The van der Waals surface area contributed by atoms with Crippen LogP contribution in [0.2, 0.25) is 0 Å². The Morgan fingerprint density at radius 2 is 1.95 bits per heavy atom. The highest BCUT2D eigenvalue weighted by Crippen LogP contribution is 2.30. The summed E-state index contributed by atoms with van der Waals surface area (Å²) in [6.07, 6.45) is 0. The number of nitrogens with one attached hydrogen (secondary N) is 1. The minimum Gasteiger partial charge on any atom is -0.497 e. The molecule has 1 aromatic rings. The number of methoxy groups -OCH3 is 2. The second-order valence-electron chi connectivity index (χ2n) is 4.51. The van der Waals surface area contributed by atoms with Crippen LogP contribution in [0.15, 0.2) is 18.2 Å². The van der Waals surface area contributed by atoms with E-state index in [9.17, 15) is 4.79 Å². The molecule has 3 N–H and O–H groups in total. The normalized spacial score (nSPS) is 10.7. The summed E-state index contributed by atoms with van der Waals surface area (Å²) in [5.41, 5.74) is 5.14. The summed E-state index contributed by atoms with van der Waals surface area (Å²) in [6, 6.07) is 5.13. The molecule has 0 radical (unpaired) electrons. The van der Waals surface area contributed by atoms with E-state index in [0.717, 1.165) is 0 Å². The molecular formula is C13H18N2O3S. The van der Waals surface area contributed by atoms with Crippen molar-refractivity contribution in [1.82, 2.24) is 0 Å². The Labute approximate surface area is 118 Å². The van der Waals surface area contributed by atoms with Gasteiger partial charge in [-0.25, -0.2) is 0 Å². The number of hydrogen-bond acceptors (Lipinski definition) is 4. The van der Waals surface area contributed by atoms with Crippen molar-refractivity contribution >= 4 is 28.8 Å². The fourth-order valence-electron chi connectivity index (χ4n) is 1.30. The molecule has 0 fully saturated rings. The molecular weight excluding hydrogens is 264 g/mol. The van der Waals surface area contributed by atoms with E-state index in [1.807, 2.05) is 0 Å². The molecule has 1 aromatic carbocycles. The quantitative estimate of drug-likeness (QED) is 0.808. The molecule has 0 saturated carbocycles. The summed E-state index contributed by atoms with van der Waals surface area (Å²) in [5.74, 6) is 0.851. The molecule has 1 rings (SSSR count). The summed E-state index contributed by atoms with van der Waals surface area (Å²) >= 11 is 4.89. The average molecular weight is 282 g/mol. The zero-order valence-corrected chi connectivity index (χ0v) is 12.3. The lowest BCUT2D eigenvalue weighted by atomic mass is 9.92. The molecule has 0 heterocycles. The Kier molecular flexibility index (Phi) is 4.72. The van der Waals surface area contributed by atoms with Crippen LogP contribution in [0.5, 0.6) is 11.5 Å². The standard InChI is InChI=1S/C13H18N2O3S/c1-13(2,11(14)19)12(16)15-9-7-8(17-3)5-6-10(9)18-4/h5-7H,1-4H3,(H2,14,19)(H,15,16). The number of anilines is 1. The van der Waals surface area contributed by atoms with Crippen LogP contribution in [-0.4, -0.2) is 25.1 Å². The van der Waals surface area contributed by atoms with E-state index in [-0.39, 0.29) is 10.9 Å². The molecule has 0 bridgehead atoms. The number of carbonyl (C=O) groups excluding carboxylic acids is 1. The van der Waals surface area contributed by atoms with Gasteiger partial charge >= 0.3 is 0 Å². The van der Waals surface area contributed by atoms with Crippen molar-refractivity contribution in [2.75, 3.05) is 19.5 Å². The van der Waals surface area contributed by atoms with Gasteiger partial charge < -0.3 is 20.5 Å². The molecule has 0 aliphatic rings. The minimum atomic E-state index is -0.941. The van der Waals surface area contributed by atoms with Gasteiger partial charge in [-0.2, -0.15) is 0 Å². The smallest absolute Gasteiger partial charge is 0.236 e. The molecule has 0 unspecified atom stereocenters. The van der Waals surface area contributed by atoms with Gasteiger partial charge in [0.05, 0.1) is 30.3 Å². The van der Waals surface area contributed by atoms with E-state index in [1.54, 1.807) is 39.2 Å². The van der Waals surface area contributed by atoms with Crippen LogP contribution in [0.25, 0.3) is 0 Å². The summed E-state index contributed by atoms with van der Waals surface area (Å²) < 4.78 is 10.3. The van der Waals surface area contributed by atoms with Crippen molar-refractivity contribution in [3.05, 3.63) is 18.2 Å². The van der Waals surface area contributed by atoms with Gasteiger partial charge in [-0.1, -0.05) is 12.2 Å². The third kappa shape index (κ3) is 3.35. The molecule has 0 aromatic heterocycles. The van der Waals surface area contributed by atoms with Crippen molar-refractivity contribution in [3.8, 4) is 11.5 Å². The predicted octanol–water partition coefficient (Wildman–Crippen LogP) is 1.95. The lowest BCUT2D eigenvalue weighted by molar-refractivity contribution is -0.121. The number of amides is 1. The van der Waals surface area contributed by atoms with E-state index in [0.29, 0.717) is 17.2 Å². The van der Waals surface area contributed by atoms with Crippen molar-refractivity contribution in [2.45, 2.75) is 13.8 Å². The first-order valence-electron chi connectivity index (χ1n) is 5.66. The van der Waals surface area contributed by atoms with E-state index >= 15 is 0 Å². The van der Waals surface area contributed by atoms with Crippen LogP contribution in [0.4, 0.5) is 5.69 Å². The van der Waals surface area contributed by atoms with Gasteiger partial charge in [-0.15, -0.1) is 0 Å². The molecule has 0 saturated heterocycles. The average Bonchev–Trinajstić information content (AvgIpc) is 2.38. The van der Waals surface area contributed by atoms with Gasteiger partial charge in [0.1, 0.15) is 11.5 Å². The number of thiocarbonyl (C=S) groups is 1. The SMILES string of the molecule is COc1ccc(OC)c(NC(=O)C(C)(C)C(N)=S)c1. The number of rotatable bonds is 5. The number of ether oxygens (including phenoxy) is 2. The highest BCUT2D eigenvalue weighted by Gasteiger charge is 2.31. The maximum absolute atomic E-state index is 12.2. The number of nitrogens with two attached hydrogens (primary N) is 1. The van der Waals surface area contributed by atoms with Crippen LogP contribution >= 0.6 is 12.2 Å². The van der Waals surface area contributed by atoms with Gasteiger partial charge in [-0.3, -0.25) is 4.79 Å². The first-order chi connectivity index (χ1) is 8.82. The molecule has 5 nitrogen and oxygen atoms in total. The number of benzene rings is 1. The third-order valence-corrected chi connectivity index (χ3v) is 3.35. The maximum Gasteiger partial charge on any atom is 0.236 e. The summed E-state index contributed by atoms with van der Waals surface area (Å²) in [6.45, 7) is 3.33. The van der Waals surface area contributed by atoms with Crippen molar-refractivity contribution < 1.29 is 14.3 Å². The minimum absolute atomic E-state index is 0.131. The van der Waals surface area contributed by atoms with E-state index in [4.69, 9.17) is 27.4 Å². The maximum atomic E-state index is 12.2. The summed E-state index contributed by atoms with van der Waals surface area (Å²) in [4.78, 5) is 12.3. The zero-order valence-electron chi connectivity index (χ0n) is 11.4. The van der Waals surface area contributed by atoms with Gasteiger partial charge in [0.15, 0.2) is 0 Å². The van der Waals surface area contributed by atoms with Crippen LogP contribution in [0.1, 0.15) is 13.8 Å². The predicted molar refractivity (Wildman–Crippen MR) is 78.7 cm³/mol. The molecule has 1 amide bonds. The van der Waals surface area contributed by atoms with Crippen LogP contribution in [-0.2, 0) is 4.79 Å². The Hall–Kier alpha value is -1.82. The second kappa shape index (κ2) is 5.88. The van der Waals surface area contributed by atoms with Gasteiger partial charge in [0.2, 0.25) is 5.91 Å². The van der Waals surface area contributed by atoms with E-state index in [1.165, 1.54) is 7.11 Å². The molecule has 0 aliphatic carbocycles. The number of carbonyl (C=O) groups is 1. The molecule has 104 valence electrons. The Balaban J connectivity index is 3.04. The van der Waals surface area contributed by atoms with Crippen LogP contribution in [0.3, 0.4) is 0 Å². The van der Waals surface area contributed by atoms with Gasteiger partial charge in [0.25, 0.3) is 0 Å². The van der Waals surface area contributed by atoms with Crippen LogP contribution in [0, 0.1) is 5.41 Å². The van der Waals surface area contributed by atoms with E-state index < -0.39 is 5.41 Å². The monoisotopic (exact) mass is 282 g/mol. The first-order valence-corrected chi connectivity index (χ1v) is 6.07. The zero-order chi connectivity index (χ0) is 14.6. The molecule has 19 heavy (non-hydrogen) atoms. The van der Waals surface area contributed by atoms with Crippen molar-refractivity contribution in [2.24, 2.45) is 11.1 Å². The lowest BCUT2D eigenvalue weighted by Gasteiger charge is -2.22. The molecule has 0 aliphatic heterocycles. The fourth-order valence-corrected chi connectivity index (χ4v) is 1.39. The molecule has 0 atom stereocenters. The van der Waals surface area contributed by atoms with Gasteiger partial charge in [0, 0.05) is 6.07 Å². The summed E-state index contributed by atoms with van der Waals surface area (Å²) in [5, 5.41) is 2.75.